The number of ether oxygens (including phenoxy) is 1. The highest BCUT2D eigenvalue weighted by molar-refractivity contribution is 4.62. The molecule has 0 aromatic carbocycles. The third-order valence-corrected chi connectivity index (χ3v) is 2.09. The summed E-state index contributed by atoms with van der Waals surface area (Å²) in [6, 6.07) is 0. The number of nitrogens with one attached hydrogen (secondary N) is 1. The Morgan fingerprint density at radius 3 is 2.29 bits per heavy atom. The van der Waals surface area contributed by atoms with Crippen LogP contribution in [0.4, 0.5) is 0 Å². The fourth-order valence-corrected chi connectivity index (χ4v) is 1.38. The minimum Gasteiger partial charge on any atom is -0.377 e. The van der Waals surface area contributed by atoms with Crippen molar-refractivity contribution in [3.8, 4) is 0 Å². The maximum Gasteiger partial charge on any atom is 0.0699 e. The molecule has 86 valence electrons. The molecule has 0 aliphatic heterocycles. The Kier molecular flexibility index (Phi) is 9.42. The normalized spacial score (nSPS) is 13.5. The second kappa shape index (κ2) is 9.47. The van der Waals surface area contributed by atoms with Gasteiger partial charge in [0, 0.05) is 13.2 Å². The van der Waals surface area contributed by atoms with Gasteiger partial charge < -0.3 is 10.1 Å². The Hall–Kier alpha value is -0.0800. The third-order valence-electron chi connectivity index (χ3n) is 2.09. The van der Waals surface area contributed by atoms with Gasteiger partial charge in [-0.1, -0.05) is 34.1 Å². The maximum absolute atomic E-state index is 5.75. The average Bonchev–Trinajstić information content (AvgIpc) is 2.13. The van der Waals surface area contributed by atoms with Gasteiger partial charge in [-0.15, -0.1) is 0 Å². The monoisotopic (exact) mass is 201 g/mol. The zero-order chi connectivity index (χ0) is 10.8. The molecule has 0 fully saturated rings. The molecule has 0 aliphatic carbocycles. The Labute approximate surface area is 89.4 Å². The quantitative estimate of drug-likeness (QED) is 0.619. The molecule has 0 saturated carbocycles. The van der Waals surface area contributed by atoms with Crippen molar-refractivity contribution >= 4 is 0 Å². The van der Waals surface area contributed by atoms with E-state index in [-0.39, 0.29) is 0 Å². The standard InChI is InChI=1S/C12H27NO/c1-5-7-12(14-8-6-2)10-13-9-11(3)4/h11-13H,5-10H2,1-4H3. The van der Waals surface area contributed by atoms with Crippen LogP contribution in [0.1, 0.15) is 47.0 Å². The van der Waals surface area contributed by atoms with Crippen molar-refractivity contribution in [2.24, 2.45) is 5.92 Å². The van der Waals surface area contributed by atoms with E-state index in [1.165, 1.54) is 12.8 Å². The van der Waals surface area contributed by atoms with E-state index < -0.39 is 0 Å². The van der Waals surface area contributed by atoms with Crippen LogP contribution in [0.15, 0.2) is 0 Å². The van der Waals surface area contributed by atoms with Crippen LogP contribution in [0, 0.1) is 5.92 Å². The van der Waals surface area contributed by atoms with E-state index in [9.17, 15) is 0 Å². The lowest BCUT2D eigenvalue weighted by Gasteiger charge is -2.18. The predicted molar refractivity (Wildman–Crippen MR) is 62.6 cm³/mol. The van der Waals surface area contributed by atoms with Crippen LogP contribution >= 0.6 is 0 Å². The third kappa shape index (κ3) is 8.52. The molecule has 0 spiro atoms. The molecule has 0 saturated heterocycles. The Balaban J connectivity index is 3.50. The second-order valence-electron chi connectivity index (χ2n) is 4.33. The van der Waals surface area contributed by atoms with Gasteiger partial charge in [-0.2, -0.15) is 0 Å². The summed E-state index contributed by atoms with van der Waals surface area (Å²) in [5, 5.41) is 3.45. The van der Waals surface area contributed by atoms with Crippen molar-refractivity contribution in [3.05, 3.63) is 0 Å². The molecule has 0 aromatic heterocycles. The molecule has 0 bridgehead atoms. The smallest absolute Gasteiger partial charge is 0.0699 e. The molecular formula is C12H27NO. The van der Waals surface area contributed by atoms with Crippen molar-refractivity contribution in [1.82, 2.24) is 5.32 Å². The van der Waals surface area contributed by atoms with E-state index in [0.29, 0.717) is 6.10 Å². The lowest BCUT2D eigenvalue weighted by atomic mass is 10.2. The first-order valence-corrected chi connectivity index (χ1v) is 6.03. The minimum atomic E-state index is 0.415. The summed E-state index contributed by atoms with van der Waals surface area (Å²) < 4.78 is 5.75. The van der Waals surface area contributed by atoms with Gasteiger partial charge in [-0.3, -0.25) is 0 Å². The van der Waals surface area contributed by atoms with Gasteiger partial charge in [0.2, 0.25) is 0 Å². The summed E-state index contributed by atoms with van der Waals surface area (Å²) in [5.41, 5.74) is 0. The summed E-state index contributed by atoms with van der Waals surface area (Å²) in [6.07, 6.45) is 3.91. The zero-order valence-corrected chi connectivity index (χ0v) is 10.3. The summed E-state index contributed by atoms with van der Waals surface area (Å²) in [7, 11) is 0. The zero-order valence-electron chi connectivity index (χ0n) is 10.3. The first-order valence-electron chi connectivity index (χ1n) is 6.03. The summed E-state index contributed by atoms with van der Waals surface area (Å²) >= 11 is 0. The molecule has 2 nitrogen and oxygen atoms in total. The van der Waals surface area contributed by atoms with Crippen LogP contribution < -0.4 is 5.32 Å². The van der Waals surface area contributed by atoms with Crippen LogP contribution in [0.5, 0.6) is 0 Å². The van der Waals surface area contributed by atoms with E-state index in [0.717, 1.165) is 32.0 Å². The molecule has 0 radical (unpaired) electrons. The molecule has 1 unspecified atom stereocenters. The number of hydrogen-bond donors (Lipinski definition) is 1. The molecule has 0 aromatic rings. The molecule has 0 rings (SSSR count). The van der Waals surface area contributed by atoms with Crippen LogP contribution in [0.2, 0.25) is 0 Å². The highest BCUT2D eigenvalue weighted by Crippen LogP contribution is 2.02. The maximum atomic E-state index is 5.75. The first-order chi connectivity index (χ1) is 6.70. The summed E-state index contributed by atoms with van der Waals surface area (Å²) in [4.78, 5) is 0. The Bertz CT molecular complexity index is 115. The SMILES string of the molecule is CCCOC(CCC)CNCC(C)C. The van der Waals surface area contributed by atoms with E-state index in [1.54, 1.807) is 0 Å². The second-order valence-corrected chi connectivity index (χ2v) is 4.33. The predicted octanol–water partition coefficient (Wildman–Crippen LogP) is 2.83. The highest BCUT2D eigenvalue weighted by Gasteiger charge is 2.06. The molecule has 2 heteroatoms. The van der Waals surface area contributed by atoms with E-state index in [2.05, 4.69) is 33.0 Å². The van der Waals surface area contributed by atoms with Gasteiger partial charge in [0.25, 0.3) is 0 Å². The van der Waals surface area contributed by atoms with E-state index in [1.807, 2.05) is 0 Å². The fourth-order valence-electron chi connectivity index (χ4n) is 1.38. The van der Waals surface area contributed by atoms with Crippen molar-refractivity contribution < 1.29 is 4.74 Å². The van der Waals surface area contributed by atoms with Crippen molar-refractivity contribution in [1.29, 1.82) is 0 Å². The molecule has 0 heterocycles. The van der Waals surface area contributed by atoms with E-state index in [4.69, 9.17) is 4.74 Å². The fraction of sp³-hybridized carbons (Fsp3) is 1.00. The van der Waals surface area contributed by atoms with Crippen LogP contribution in [-0.2, 0) is 4.74 Å². The molecular weight excluding hydrogens is 174 g/mol. The Morgan fingerprint density at radius 2 is 1.79 bits per heavy atom. The van der Waals surface area contributed by atoms with E-state index >= 15 is 0 Å². The lowest BCUT2D eigenvalue weighted by molar-refractivity contribution is 0.0471. The molecule has 14 heavy (non-hydrogen) atoms. The van der Waals surface area contributed by atoms with Crippen molar-refractivity contribution in [3.63, 3.8) is 0 Å². The van der Waals surface area contributed by atoms with Crippen LogP contribution in [0.25, 0.3) is 0 Å². The van der Waals surface area contributed by atoms with Gasteiger partial charge in [-0.05, 0) is 25.3 Å². The largest absolute Gasteiger partial charge is 0.377 e. The van der Waals surface area contributed by atoms with Crippen molar-refractivity contribution in [2.75, 3.05) is 19.7 Å². The number of hydrogen-bond acceptors (Lipinski definition) is 2. The summed E-state index contributed by atoms with van der Waals surface area (Å²) in [6.45, 7) is 11.8. The molecule has 0 aliphatic rings. The average molecular weight is 201 g/mol. The van der Waals surface area contributed by atoms with Crippen LogP contribution in [0.3, 0.4) is 0 Å². The molecule has 1 N–H and O–H groups in total. The minimum absolute atomic E-state index is 0.415. The van der Waals surface area contributed by atoms with Crippen LogP contribution in [-0.4, -0.2) is 25.8 Å². The molecule has 1 atom stereocenters. The lowest BCUT2D eigenvalue weighted by Crippen LogP contribution is -2.31. The van der Waals surface area contributed by atoms with Gasteiger partial charge >= 0.3 is 0 Å². The van der Waals surface area contributed by atoms with Gasteiger partial charge in [-0.25, -0.2) is 0 Å². The van der Waals surface area contributed by atoms with Crippen molar-refractivity contribution in [2.45, 2.75) is 53.1 Å². The first kappa shape index (κ1) is 13.9. The summed E-state index contributed by atoms with van der Waals surface area (Å²) in [5.74, 6) is 0.725. The van der Waals surface area contributed by atoms with Gasteiger partial charge in [0.1, 0.15) is 0 Å². The number of rotatable bonds is 9. The topological polar surface area (TPSA) is 21.3 Å². The van der Waals surface area contributed by atoms with Gasteiger partial charge in [0.05, 0.1) is 6.10 Å². The highest BCUT2D eigenvalue weighted by atomic mass is 16.5. The van der Waals surface area contributed by atoms with Gasteiger partial charge in [0.15, 0.2) is 0 Å². The molecule has 0 amide bonds. The Morgan fingerprint density at radius 1 is 1.07 bits per heavy atom.